The van der Waals surface area contributed by atoms with E-state index >= 15 is 0 Å². The highest BCUT2D eigenvalue weighted by Gasteiger charge is 2.41. The van der Waals surface area contributed by atoms with E-state index in [1.165, 1.54) is 12.0 Å². The Morgan fingerprint density at radius 2 is 1.46 bits per heavy atom. The van der Waals surface area contributed by atoms with E-state index in [0.717, 1.165) is 22.0 Å². The number of methoxy groups -OCH3 is 2. The van der Waals surface area contributed by atoms with E-state index in [1.807, 2.05) is 67.6 Å². The van der Waals surface area contributed by atoms with Gasteiger partial charge < -0.3 is 14.8 Å². The fourth-order valence-corrected chi connectivity index (χ4v) is 4.41. The molecule has 6 nitrogen and oxygen atoms in total. The summed E-state index contributed by atoms with van der Waals surface area (Å²) in [7, 11) is 3.08. The van der Waals surface area contributed by atoms with Crippen molar-refractivity contribution in [3.63, 3.8) is 0 Å². The number of nitrogens with zero attached hydrogens (tertiary/aromatic N) is 1. The highest BCUT2D eigenvalue weighted by molar-refractivity contribution is 6.46. The summed E-state index contributed by atoms with van der Waals surface area (Å²) in [5, 5.41) is 5.27. The van der Waals surface area contributed by atoms with Gasteiger partial charge in [0.05, 0.1) is 25.5 Å². The van der Waals surface area contributed by atoms with Gasteiger partial charge in [0.2, 0.25) is 0 Å². The topological polar surface area (TPSA) is 67.9 Å². The van der Waals surface area contributed by atoms with Crippen LogP contribution in [0.2, 0.25) is 0 Å². The number of anilines is 2. The van der Waals surface area contributed by atoms with Crippen molar-refractivity contribution in [3.8, 4) is 11.5 Å². The third kappa shape index (κ3) is 3.79. The van der Waals surface area contributed by atoms with Crippen LogP contribution in [-0.4, -0.2) is 26.0 Å². The fourth-order valence-electron chi connectivity index (χ4n) is 4.41. The third-order valence-electron chi connectivity index (χ3n) is 6.16. The molecule has 0 unspecified atom stereocenters. The molecule has 0 aliphatic carbocycles. The van der Waals surface area contributed by atoms with Crippen LogP contribution in [0.3, 0.4) is 0 Å². The predicted molar refractivity (Wildman–Crippen MR) is 138 cm³/mol. The molecule has 0 fully saturated rings. The molecule has 4 aromatic rings. The molecule has 0 atom stereocenters. The van der Waals surface area contributed by atoms with E-state index in [-0.39, 0.29) is 11.3 Å². The molecule has 2 amide bonds. The second-order valence-corrected chi connectivity index (χ2v) is 8.20. The third-order valence-corrected chi connectivity index (χ3v) is 6.16. The molecule has 6 heteroatoms. The number of para-hydroxylation sites is 1. The minimum absolute atomic E-state index is 0.210. The molecule has 5 rings (SSSR count). The predicted octanol–water partition coefficient (Wildman–Crippen LogP) is 5.56. The number of hydrogen-bond acceptors (Lipinski definition) is 5. The van der Waals surface area contributed by atoms with Gasteiger partial charge in [0.1, 0.15) is 5.70 Å². The summed E-state index contributed by atoms with van der Waals surface area (Å²) in [5.74, 6) is 0.186. The number of carbonyl (C=O) groups excluding carboxylic acids is 2. The van der Waals surface area contributed by atoms with Crippen LogP contribution in [0, 0.1) is 6.92 Å². The maximum Gasteiger partial charge on any atom is 0.282 e. The minimum Gasteiger partial charge on any atom is -0.493 e. The molecular weight excluding hydrogens is 440 g/mol. The van der Waals surface area contributed by atoms with E-state index in [0.29, 0.717) is 22.7 Å². The van der Waals surface area contributed by atoms with E-state index in [1.54, 1.807) is 31.4 Å². The Labute approximate surface area is 203 Å². The number of rotatable bonds is 6. The van der Waals surface area contributed by atoms with Gasteiger partial charge in [-0.2, -0.15) is 0 Å². The van der Waals surface area contributed by atoms with Crippen LogP contribution in [-0.2, 0) is 9.59 Å². The van der Waals surface area contributed by atoms with Crippen LogP contribution in [0.25, 0.3) is 16.3 Å². The molecule has 0 bridgehead atoms. The number of hydrogen-bond donors (Lipinski definition) is 1. The fraction of sp³-hybridized carbons (Fsp3) is 0.103. The Morgan fingerprint density at radius 1 is 0.743 bits per heavy atom. The molecule has 1 aliphatic rings. The van der Waals surface area contributed by atoms with Crippen molar-refractivity contribution in [2.24, 2.45) is 0 Å². The average molecular weight is 465 g/mol. The molecule has 0 spiro atoms. The van der Waals surface area contributed by atoms with Crippen molar-refractivity contribution in [1.82, 2.24) is 0 Å². The van der Waals surface area contributed by atoms with Crippen molar-refractivity contribution in [2.45, 2.75) is 6.92 Å². The lowest BCUT2D eigenvalue weighted by molar-refractivity contribution is -0.120. The van der Waals surface area contributed by atoms with E-state index in [2.05, 4.69) is 5.32 Å². The van der Waals surface area contributed by atoms with Crippen molar-refractivity contribution in [2.75, 3.05) is 24.4 Å². The summed E-state index contributed by atoms with van der Waals surface area (Å²) in [6, 6.07) is 26.3. The van der Waals surface area contributed by atoms with Gasteiger partial charge in [0.15, 0.2) is 11.5 Å². The smallest absolute Gasteiger partial charge is 0.282 e. The number of imide groups is 1. The first kappa shape index (κ1) is 22.2. The highest BCUT2D eigenvalue weighted by Crippen LogP contribution is 2.38. The van der Waals surface area contributed by atoms with Crippen LogP contribution in [0.5, 0.6) is 11.5 Å². The Balaban J connectivity index is 1.69. The number of nitrogens with one attached hydrogen (secondary N) is 1. The lowest BCUT2D eigenvalue weighted by atomic mass is 10.0. The molecule has 1 N–H and O–H groups in total. The van der Waals surface area contributed by atoms with E-state index in [9.17, 15) is 9.59 Å². The SMILES string of the molecule is COc1ccc(C2=C(Nc3cccc4ccccc34)C(=O)N(c3ccccc3C)C2=O)cc1OC. The zero-order valence-electron chi connectivity index (χ0n) is 19.7. The number of amides is 2. The lowest BCUT2D eigenvalue weighted by Gasteiger charge is -2.18. The van der Waals surface area contributed by atoms with Gasteiger partial charge in [-0.1, -0.05) is 60.7 Å². The zero-order valence-corrected chi connectivity index (χ0v) is 19.7. The first-order chi connectivity index (χ1) is 17.0. The van der Waals surface area contributed by atoms with Gasteiger partial charge in [0.25, 0.3) is 11.8 Å². The Bertz CT molecular complexity index is 1500. The Morgan fingerprint density at radius 3 is 2.23 bits per heavy atom. The highest BCUT2D eigenvalue weighted by atomic mass is 16.5. The van der Waals surface area contributed by atoms with Gasteiger partial charge in [-0.25, -0.2) is 4.90 Å². The second kappa shape index (κ2) is 8.99. The monoisotopic (exact) mass is 464 g/mol. The van der Waals surface area contributed by atoms with E-state index < -0.39 is 11.8 Å². The van der Waals surface area contributed by atoms with Gasteiger partial charge in [-0.05, 0) is 47.7 Å². The van der Waals surface area contributed by atoms with E-state index in [4.69, 9.17) is 9.47 Å². The number of carbonyl (C=O) groups is 2. The first-order valence-electron chi connectivity index (χ1n) is 11.2. The molecule has 1 heterocycles. The molecule has 1 aliphatic heterocycles. The maximum atomic E-state index is 13.8. The van der Waals surface area contributed by atoms with Crippen LogP contribution in [0.1, 0.15) is 11.1 Å². The summed E-state index contributed by atoms with van der Waals surface area (Å²) >= 11 is 0. The van der Waals surface area contributed by atoms with Crippen molar-refractivity contribution in [1.29, 1.82) is 0 Å². The molecule has 4 aromatic carbocycles. The van der Waals surface area contributed by atoms with Crippen molar-refractivity contribution < 1.29 is 19.1 Å². The van der Waals surface area contributed by atoms with Gasteiger partial charge in [-0.3, -0.25) is 9.59 Å². The summed E-state index contributed by atoms with van der Waals surface area (Å²) in [5.41, 5.74) is 3.15. The summed E-state index contributed by atoms with van der Waals surface area (Å²) in [4.78, 5) is 28.9. The number of fused-ring (bicyclic) bond motifs is 1. The molecule has 0 saturated carbocycles. The number of ether oxygens (including phenoxy) is 2. The second-order valence-electron chi connectivity index (χ2n) is 8.20. The van der Waals surface area contributed by atoms with Crippen molar-refractivity contribution in [3.05, 3.63) is 102 Å². The average Bonchev–Trinajstić information content (AvgIpc) is 3.13. The van der Waals surface area contributed by atoms with Crippen LogP contribution < -0.4 is 19.7 Å². The molecule has 0 saturated heterocycles. The van der Waals surface area contributed by atoms with Crippen LogP contribution in [0.4, 0.5) is 11.4 Å². The lowest BCUT2D eigenvalue weighted by Crippen LogP contribution is -2.33. The summed E-state index contributed by atoms with van der Waals surface area (Å²) in [6.45, 7) is 1.88. The molecule has 35 heavy (non-hydrogen) atoms. The standard InChI is InChI=1S/C29H24N2O4/c1-18-9-4-7-14-23(18)31-28(32)26(20-15-16-24(34-2)25(17-20)35-3)27(29(31)33)30-22-13-8-11-19-10-5-6-12-21(19)22/h4-17,30H,1-3H3. The van der Waals surface area contributed by atoms with Crippen molar-refractivity contribution >= 4 is 39.5 Å². The largest absolute Gasteiger partial charge is 0.493 e. The maximum absolute atomic E-state index is 13.8. The van der Waals surface area contributed by atoms with Crippen LogP contribution in [0.15, 0.2) is 90.6 Å². The Kier molecular flexibility index (Phi) is 5.71. The molecule has 174 valence electrons. The normalized spacial score (nSPS) is 13.5. The molecule has 0 aromatic heterocycles. The molecule has 0 radical (unpaired) electrons. The molecular formula is C29H24N2O4. The van der Waals surface area contributed by atoms with Gasteiger partial charge in [0, 0.05) is 11.1 Å². The number of aryl methyl sites for hydroxylation is 1. The number of benzene rings is 4. The zero-order chi connectivity index (χ0) is 24.5. The van der Waals surface area contributed by atoms with Crippen LogP contribution >= 0.6 is 0 Å². The minimum atomic E-state index is -0.415. The quantitative estimate of drug-likeness (QED) is 0.378. The summed E-state index contributed by atoms with van der Waals surface area (Å²) < 4.78 is 10.8. The van der Waals surface area contributed by atoms with Gasteiger partial charge >= 0.3 is 0 Å². The first-order valence-corrected chi connectivity index (χ1v) is 11.2. The summed E-state index contributed by atoms with van der Waals surface area (Å²) in [6.07, 6.45) is 0. The van der Waals surface area contributed by atoms with Gasteiger partial charge in [-0.15, -0.1) is 0 Å². The Hall–Kier alpha value is -4.58.